The van der Waals surface area contributed by atoms with Crippen LogP contribution in [0.25, 0.3) is 0 Å². The number of anilines is 3. The molecule has 2 amide bonds. The smallest absolute Gasteiger partial charge is 0.258 e. The van der Waals surface area contributed by atoms with Crippen LogP contribution in [-0.4, -0.2) is 46.1 Å². The third kappa shape index (κ3) is 7.01. The van der Waals surface area contributed by atoms with E-state index in [1.54, 1.807) is 27.9 Å². The summed E-state index contributed by atoms with van der Waals surface area (Å²) in [6.45, 7) is 7.89. The predicted molar refractivity (Wildman–Crippen MR) is 164 cm³/mol. The molecule has 0 aliphatic carbocycles. The van der Waals surface area contributed by atoms with Crippen LogP contribution in [0.2, 0.25) is 0 Å². The SMILES string of the molecule is CCCCCCN1CCC(CC(=O)NCc2ccc(C(=O)N3Cc4cnn(C)c4Nc4cc(C)ccc43)cc2F)CC1. The zero-order valence-corrected chi connectivity index (χ0v) is 25.1. The molecular weight excluding hydrogens is 531 g/mol. The lowest BCUT2D eigenvalue weighted by Gasteiger charge is -2.31. The summed E-state index contributed by atoms with van der Waals surface area (Å²) in [4.78, 5) is 30.5. The van der Waals surface area contributed by atoms with Crippen molar-refractivity contribution in [3.05, 3.63) is 70.7 Å². The van der Waals surface area contributed by atoms with Crippen molar-refractivity contribution in [3.63, 3.8) is 0 Å². The summed E-state index contributed by atoms with van der Waals surface area (Å²) in [7, 11) is 1.85. The molecule has 0 atom stereocenters. The first-order chi connectivity index (χ1) is 20.3. The van der Waals surface area contributed by atoms with Gasteiger partial charge in [-0.05, 0) is 81.6 Å². The standard InChI is InChI=1S/C33H43FN6O2/c1-4-5-6-7-14-39-15-12-24(13-16-39)18-31(41)35-20-26-10-9-25(19-28(26)34)33(42)40-22-27-21-36-38(3)32(27)37-29-17-23(2)8-11-30(29)40/h8-11,17,19,21,24,37H,4-7,12-16,18,20,22H2,1-3H3,(H,35,41). The largest absolute Gasteiger partial charge is 0.352 e. The minimum atomic E-state index is -0.503. The number of benzene rings is 2. The highest BCUT2D eigenvalue weighted by Crippen LogP contribution is 2.37. The fourth-order valence-electron chi connectivity index (χ4n) is 5.99. The van der Waals surface area contributed by atoms with Gasteiger partial charge in [-0.25, -0.2) is 4.39 Å². The van der Waals surface area contributed by atoms with Crippen LogP contribution in [-0.2, 0) is 24.9 Å². The monoisotopic (exact) mass is 574 g/mol. The van der Waals surface area contributed by atoms with E-state index in [9.17, 15) is 9.59 Å². The first-order valence-electron chi connectivity index (χ1n) is 15.3. The van der Waals surface area contributed by atoms with Crippen LogP contribution in [0.5, 0.6) is 0 Å². The Kier molecular flexibility index (Phi) is 9.57. The average molecular weight is 575 g/mol. The molecule has 0 bridgehead atoms. The normalized spacial score (nSPS) is 15.5. The number of amides is 2. The zero-order chi connectivity index (χ0) is 29.6. The van der Waals surface area contributed by atoms with Gasteiger partial charge in [-0.2, -0.15) is 5.10 Å². The Bertz CT molecular complexity index is 1410. The van der Waals surface area contributed by atoms with Crippen molar-refractivity contribution in [2.24, 2.45) is 13.0 Å². The average Bonchev–Trinajstić information content (AvgIpc) is 3.23. The van der Waals surface area contributed by atoms with Gasteiger partial charge < -0.3 is 20.4 Å². The molecule has 224 valence electrons. The molecule has 0 radical (unpaired) electrons. The number of carbonyl (C=O) groups is 2. The van der Waals surface area contributed by atoms with E-state index in [0.29, 0.717) is 24.4 Å². The van der Waals surface area contributed by atoms with Crippen LogP contribution in [0.4, 0.5) is 21.6 Å². The van der Waals surface area contributed by atoms with Crippen LogP contribution in [0.15, 0.2) is 42.6 Å². The molecule has 3 heterocycles. The first kappa shape index (κ1) is 29.8. The second-order valence-electron chi connectivity index (χ2n) is 11.8. The van der Waals surface area contributed by atoms with E-state index in [0.717, 1.165) is 60.8 Å². The van der Waals surface area contributed by atoms with Crippen molar-refractivity contribution in [2.45, 2.75) is 71.9 Å². The molecule has 1 aromatic heterocycles. The summed E-state index contributed by atoms with van der Waals surface area (Å²) in [5.74, 6) is 0.341. The number of hydrogen-bond donors (Lipinski definition) is 2. The van der Waals surface area contributed by atoms with Gasteiger partial charge in [-0.1, -0.05) is 38.3 Å². The highest BCUT2D eigenvalue weighted by molar-refractivity contribution is 6.08. The second-order valence-corrected chi connectivity index (χ2v) is 11.8. The van der Waals surface area contributed by atoms with E-state index in [-0.39, 0.29) is 23.9 Å². The molecule has 1 saturated heterocycles. The Morgan fingerprint density at radius 2 is 1.90 bits per heavy atom. The van der Waals surface area contributed by atoms with Crippen molar-refractivity contribution >= 4 is 29.0 Å². The van der Waals surface area contributed by atoms with Crippen molar-refractivity contribution < 1.29 is 14.0 Å². The van der Waals surface area contributed by atoms with Gasteiger partial charge in [0.15, 0.2) is 0 Å². The molecule has 2 N–H and O–H groups in total. The number of aromatic nitrogens is 2. The van der Waals surface area contributed by atoms with Crippen molar-refractivity contribution in [1.82, 2.24) is 20.0 Å². The molecule has 2 aliphatic rings. The molecule has 0 saturated carbocycles. The lowest BCUT2D eigenvalue weighted by atomic mass is 9.93. The van der Waals surface area contributed by atoms with Crippen LogP contribution in [0, 0.1) is 18.7 Å². The molecule has 2 aromatic carbocycles. The number of carbonyl (C=O) groups excluding carboxylic acids is 2. The number of fused-ring (bicyclic) bond motifs is 2. The summed E-state index contributed by atoms with van der Waals surface area (Å²) in [6, 6.07) is 10.4. The molecule has 0 unspecified atom stereocenters. The van der Waals surface area contributed by atoms with E-state index in [1.807, 2.05) is 32.2 Å². The lowest BCUT2D eigenvalue weighted by Crippen LogP contribution is -2.36. The first-order valence-corrected chi connectivity index (χ1v) is 15.3. The van der Waals surface area contributed by atoms with Gasteiger partial charge >= 0.3 is 0 Å². The molecule has 0 spiro atoms. The fourth-order valence-corrected chi connectivity index (χ4v) is 5.99. The van der Waals surface area contributed by atoms with Gasteiger partial charge in [-0.15, -0.1) is 0 Å². The predicted octanol–water partition coefficient (Wildman–Crippen LogP) is 6.07. The minimum absolute atomic E-state index is 0.0489. The van der Waals surface area contributed by atoms with Crippen molar-refractivity contribution in [3.8, 4) is 0 Å². The summed E-state index contributed by atoms with van der Waals surface area (Å²) >= 11 is 0. The third-order valence-corrected chi connectivity index (χ3v) is 8.57. The van der Waals surface area contributed by atoms with E-state index in [2.05, 4.69) is 27.6 Å². The van der Waals surface area contributed by atoms with E-state index < -0.39 is 5.82 Å². The Morgan fingerprint density at radius 1 is 1.10 bits per heavy atom. The van der Waals surface area contributed by atoms with Gasteiger partial charge in [-0.3, -0.25) is 14.3 Å². The Hall–Kier alpha value is -3.72. The highest BCUT2D eigenvalue weighted by Gasteiger charge is 2.27. The number of piperidine rings is 1. The molecular formula is C33H43FN6O2. The summed E-state index contributed by atoms with van der Waals surface area (Å²) in [5, 5.41) is 10.6. The number of nitrogens with zero attached hydrogens (tertiary/aromatic N) is 4. The Morgan fingerprint density at radius 3 is 2.67 bits per heavy atom. The van der Waals surface area contributed by atoms with E-state index in [4.69, 9.17) is 0 Å². The van der Waals surface area contributed by atoms with Gasteiger partial charge in [0.05, 0.1) is 24.1 Å². The summed E-state index contributed by atoms with van der Waals surface area (Å²) < 4.78 is 16.9. The number of nitrogens with one attached hydrogen (secondary N) is 2. The lowest BCUT2D eigenvalue weighted by molar-refractivity contribution is -0.122. The minimum Gasteiger partial charge on any atom is -0.352 e. The van der Waals surface area contributed by atoms with Gasteiger partial charge in [0, 0.05) is 36.7 Å². The topological polar surface area (TPSA) is 82.5 Å². The number of halogens is 1. The molecule has 9 heteroatoms. The van der Waals surface area contributed by atoms with Crippen molar-refractivity contribution in [2.75, 3.05) is 29.9 Å². The maximum absolute atomic E-state index is 15.2. The van der Waals surface area contributed by atoms with Crippen LogP contribution in [0.3, 0.4) is 0 Å². The zero-order valence-electron chi connectivity index (χ0n) is 25.1. The Labute approximate surface area is 248 Å². The Balaban J connectivity index is 1.17. The highest BCUT2D eigenvalue weighted by atomic mass is 19.1. The van der Waals surface area contributed by atoms with E-state index in [1.165, 1.54) is 31.7 Å². The van der Waals surface area contributed by atoms with Gasteiger partial charge in [0.1, 0.15) is 11.6 Å². The molecule has 1 fully saturated rings. The van der Waals surface area contributed by atoms with Crippen LogP contribution >= 0.6 is 0 Å². The molecule has 5 rings (SSSR count). The maximum Gasteiger partial charge on any atom is 0.258 e. The van der Waals surface area contributed by atoms with Crippen molar-refractivity contribution in [1.29, 1.82) is 0 Å². The number of rotatable bonds is 10. The molecule has 2 aliphatic heterocycles. The van der Waals surface area contributed by atoms with Gasteiger partial charge in [0.25, 0.3) is 5.91 Å². The van der Waals surface area contributed by atoms with Crippen LogP contribution < -0.4 is 15.5 Å². The number of aryl methyl sites for hydroxylation is 2. The number of likely N-dealkylation sites (tertiary alicyclic amines) is 1. The van der Waals surface area contributed by atoms with E-state index >= 15 is 4.39 Å². The van der Waals surface area contributed by atoms with Gasteiger partial charge in [0.2, 0.25) is 5.91 Å². The third-order valence-electron chi connectivity index (χ3n) is 8.57. The number of unbranched alkanes of at least 4 members (excludes halogenated alkanes) is 3. The molecule has 3 aromatic rings. The molecule has 8 nitrogen and oxygen atoms in total. The fraction of sp³-hybridized carbons (Fsp3) is 0.485. The second kappa shape index (κ2) is 13.5. The van der Waals surface area contributed by atoms with Crippen LogP contribution in [0.1, 0.15) is 78.9 Å². The quantitative estimate of drug-likeness (QED) is 0.287. The number of hydrogen-bond acceptors (Lipinski definition) is 5. The maximum atomic E-state index is 15.2. The summed E-state index contributed by atoms with van der Waals surface area (Å²) in [5.41, 5.74) is 4.06. The molecule has 42 heavy (non-hydrogen) atoms. The summed E-state index contributed by atoms with van der Waals surface area (Å²) in [6.07, 6.45) is 9.37.